The van der Waals surface area contributed by atoms with Crippen molar-refractivity contribution >= 4 is 23.0 Å². The number of fused-ring (bicyclic) bond motifs is 1. The fourth-order valence-corrected chi connectivity index (χ4v) is 2.06. The molecule has 0 bridgehead atoms. The second-order valence-electron chi connectivity index (χ2n) is 4.21. The van der Waals surface area contributed by atoms with Crippen LogP contribution in [0.1, 0.15) is 20.3 Å². The van der Waals surface area contributed by atoms with E-state index in [4.69, 9.17) is 11.6 Å². The summed E-state index contributed by atoms with van der Waals surface area (Å²) in [5.41, 5.74) is 2.28. The summed E-state index contributed by atoms with van der Waals surface area (Å²) in [5.74, 6) is 0.671. The van der Waals surface area contributed by atoms with Gasteiger partial charge in [0.25, 0.3) is 0 Å². The molecule has 0 aromatic heterocycles. The Kier molecular flexibility index (Phi) is 3.06. The van der Waals surface area contributed by atoms with Gasteiger partial charge in [0.15, 0.2) is 0 Å². The van der Waals surface area contributed by atoms with Crippen molar-refractivity contribution in [2.75, 3.05) is 17.2 Å². The lowest BCUT2D eigenvalue weighted by Gasteiger charge is -2.32. The summed E-state index contributed by atoms with van der Waals surface area (Å²) in [7, 11) is 0. The van der Waals surface area contributed by atoms with Gasteiger partial charge in [-0.1, -0.05) is 31.9 Å². The van der Waals surface area contributed by atoms with Gasteiger partial charge in [-0.15, -0.1) is 0 Å². The Morgan fingerprint density at radius 3 is 3.00 bits per heavy atom. The molecule has 2 unspecified atom stereocenters. The number of hydrogen-bond donors (Lipinski definition) is 2. The molecule has 0 fully saturated rings. The lowest BCUT2D eigenvalue weighted by atomic mass is 9.97. The van der Waals surface area contributed by atoms with E-state index in [0.717, 1.165) is 22.9 Å². The molecular formula is C12H17ClN2. The average molecular weight is 225 g/mol. The van der Waals surface area contributed by atoms with Crippen LogP contribution in [-0.4, -0.2) is 12.6 Å². The first-order chi connectivity index (χ1) is 7.20. The molecule has 1 aromatic rings. The highest BCUT2D eigenvalue weighted by Crippen LogP contribution is 2.30. The van der Waals surface area contributed by atoms with Crippen molar-refractivity contribution in [3.63, 3.8) is 0 Å². The van der Waals surface area contributed by atoms with Crippen LogP contribution in [0, 0.1) is 5.92 Å². The van der Waals surface area contributed by atoms with Crippen LogP contribution in [0.5, 0.6) is 0 Å². The summed E-state index contributed by atoms with van der Waals surface area (Å²) >= 11 is 5.97. The molecule has 0 radical (unpaired) electrons. The number of nitrogens with one attached hydrogen (secondary N) is 2. The van der Waals surface area contributed by atoms with Crippen LogP contribution in [0.3, 0.4) is 0 Å². The van der Waals surface area contributed by atoms with Crippen molar-refractivity contribution in [2.24, 2.45) is 5.92 Å². The quantitative estimate of drug-likeness (QED) is 0.802. The Labute approximate surface area is 96.0 Å². The topological polar surface area (TPSA) is 24.1 Å². The van der Waals surface area contributed by atoms with Crippen LogP contribution in [0.4, 0.5) is 11.4 Å². The van der Waals surface area contributed by atoms with Gasteiger partial charge in [-0.3, -0.25) is 0 Å². The van der Waals surface area contributed by atoms with Gasteiger partial charge in [0, 0.05) is 17.6 Å². The number of anilines is 2. The smallest absolute Gasteiger partial charge is 0.0593 e. The largest absolute Gasteiger partial charge is 0.381 e. The van der Waals surface area contributed by atoms with Gasteiger partial charge in [-0.05, 0) is 24.1 Å². The molecule has 1 heterocycles. The average Bonchev–Trinajstić information content (AvgIpc) is 2.27. The Morgan fingerprint density at radius 2 is 2.27 bits per heavy atom. The number of halogens is 1. The second-order valence-corrected chi connectivity index (χ2v) is 4.64. The van der Waals surface area contributed by atoms with E-state index in [0.29, 0.717) is 12.0 Å². The molecule has 15 heavy (non-hydrogen) atoms. The van der Waals surface area contributed by atoms with Crippen LogP contribution in [-0.2, 0) is 0 Å². The van der Waals surface area contributed by atoms with Gasteiger partial charge in [-0.2, -0.15) is 0 Å². The van der Waals surface area contributed by atoms with Crippen molar-refractivity contribution in [1.82, 2.24) is 0 Å². The first-order valence-corrected chi connectivity index (χ1v) is 5.88. The summed E-state index contributed by atoms with van der Waals surface area (Å²) in [5, 5.41) is 7.76. The predicted octanol–water partition coefficient (Wildman–Crippen LogP) is 3.59. The van der Waals surface area contributed by atoms with E-state index >= 15 is 0 Å². The van der Waals surface area contributed by atoms with E-state index in [-0.39, 0.29) is 0 Å². The van der Waals surface area contributed by atoms with E-state index in [9.17, 15) is 0 Å². The minimum Gasteiger partial charge on any atom is -0.381 e. The highest BCUT2D eigenvalue weighted by Gasteiger charge is 2.21. The minimum atomic E-state index is 0.501. The van der Waals surface area contributed by atoms with Crippen LogP contribution in [0.2, 0.25) is 5.02 Å². The van der Waals surface area contributed by atoms with Gasteiger partial charge in [0.05, 0.1) is 11.4 Å². The molecular weight excluding hydrogens is 208 g/mol. The first-order valence-electron chi connectivity index (χ1n) is 5.50. The summed E-state index contributed by atoms with van der Waals surface area (Å²) in [6.07, 6.45) is 1.19. The molecule has 0 amide bonds. The Morgan fingerprint density at radius 1 is 1.47 bits per heavy atom. The molecule has 1 aromatic carbocycles. The minimum absolute atomic E-state index is 0.501. The van der Waals surface area contributed by atoms with Gasteiger partial charge in [0.1, 0.15) is 0 Å². The van der Waals surface area contributed by atoms with E-state index in [2.05, 4.69) is 24.5 Å². The van der Waals surface area contributed by atoms with Gasteiger partial charge >= 0.3 is 0 Å². The standard InChI is InChI=1S/C12H17ClN2/c1-3-8(2)12-7-14-10-5-4-9(13)6-11(10)15-12/h4-6,8,12,14-15H,3,7H2,1-2H3. The number of rotatable bonds is 2. The monoisotopic (exact) mass is 224 g/mol. The fraction of sp³-hybridized carbons (Fsp3) is 0.500. The van der Waals surface area contributed by atoms with Crippen LogP contribution < -0.4 is 10.6 Å². The molecule has 3 heteroatoms. The Bertz CT molecular complexity index is 351. The fourth-order valence-electron chi connectivity index (χ4n) is 1.89. The molecule has 82 valence electrons. The van der Waals surface area contributed by atoms with E-state index in [1.54, 1.807) is 0 Å². The van der Waals surface area contributed by atoms with E-state index in [1.807, 2.05) is 18.2 Å². The predicted molar refractivity (Wildman–Crippen MR) is 66.8 cm³/mol. The molecule has 0 saturated carbocycles. The van der Waals surface area contributed by atoms with Gasteiger partial charge in [0.2, 0.25) is 0 Å². The first kappa shape index (κ1) is 10.6. The Hall–Kier alpha value is -0.890. The second kappa shape index (κ2) is 4.31. The van der Waals surface area contributed by atoms with Crippen LogP contribution in [0.25, 0.3) is 0 Å². The van der Waals surface area contributed by atoms with Crippen molar-refractivity contribution in [1.29, 1.82) is 0 Å². The molecule has 1 aliphatic rings. The summed E-state index contributed by atoms with van der Waals surface area (Å²) in [6.45, 7) is 5.48. The van der Waals surface area contributed by atoms with Crippen LogP contribution in [0.15, 0.2) is 18.2 Å². The van der Waals surface area contributed by atoms with Gasteiger partial charge in [-0.25, -0.2) is 0 Å². The summed E-state index contributed by atoms with van der Waals surface area (Å²) < 4.78 is 0. The maximum Gasteiger partial charge on any atom is 0.0593 e. The molecule has 2 rings (SSSR count). The van der Waals surface area contributed by atoms with Crippen LogP contribution >= 0.6 is 11.6 Å². The highest BCUT2D eigenvalue weighted by molar-refractivity contribution is 6.31. The maximum absolute atomic E-state index is 5.97. The lowest BCUT2D eigenvalue weighted by Crippen LogP contribution is -2.37. The third-order valence-corrected chi connectivity index (χ3v) is 3.40. The van der Waals surface area contributed by atoms with Crippen molar-refractivity contribution in [3.8, 4) is 0 Å². The molecule has 2 N–H and O–H groups in total. The summed E-state index contributed by atoms with van der Waals surface area (Å²) in [6, 6.07) is 6.43. The molecule has 2 nitrogen and oxygen atoms in total. The zero-order chi connectivity index (χ0) is 10.8. The summed E-state index contributed by atoms with van der Waals surface area (Å²) in [4.78, 5) is 0. The lowest BCUT2D eigenvalue weighted by molar-refractivity contribution is 0.478. The Balaban J connectivity index is 2.18. The SMILES string of the molecule is CCC(C)C1CNc2ccc(Cl)cc2N1. The van der Waals surface area contributed by atoms with Gasteiger partial charge < -0.3 is 10.6 Å². The van der Waals surface area contributed by atoms with Crippen molar-refractivity contribution < 1.29 is 0 Å². The van der Waals surface area contributed by atoms with Crippen molar-refractivity contribution in [2.45, 2.75) is 26.3 Å². The highest BCUT2D eigenvalue weighted by atomic mass is 35.5. The van der Waals surface area contributed by atoms with E-state index in [1.165, 1.54) is 6.42 Å². The van der Waals surface area contributed by atoms with E-state index < -0.39 is 0 Å². The molecule has 2 atom stereocenters. The number of benzene rings is 1. The third kappa shape index (κ3) is 2.20. The molecule has 0 spiro atoms. The zero-order valence-electron chi connectivity index (χ0n) is 9.18. The molecule has 0 saturated heterocycles. The maximum atomic E-state index is 5.97. The van der Waals surface area contributed by atoms with Crippen molar-refractivity contribution in [3.05, 3.63) is 23.2 Å². The number of hydrogen-bond acceptors (Lipinski definition) is 2. The zero-order valence-corrected chi connectivity index (χ0v) is 9.93. The third-order valence-electron chi connectivity index (χ3n) is 3.17. The normalized spacial score (nSPS) is 21.1. The molecule has 0 aliphatic carbocycles. The molecule has 1 aliphatic heterocycles.